The second-order valence-electron chi connectivity index (χ2n) is 8.29. The van der Waals surface area contributed by atoms with Crippen LogP contribution in [0.4, 0.5) is 5.69 Å². The van der Waals surface area contributed by atoms with E-state index in [9.17, 15) is 9.59 Å². The van der Waals surface area contributed by atoms with Gasteiger partial charge in [0.05, 0.1) is 18.3 Å². The van der Waals surface area contributed by atoms with Crippen molar-refractivity contribution in [3.05, 3.63) is 47.7 Å². The van der Waals surface area contributed by atoms with E-state index in [0.717, 1.165) is 35.4 Å². The number of nitrogens with one attached hydrogen (secondary N) is 1. The molecule has 0 atom stereocenters. The van der Waals surface area contributed by atoms with Gasteiger partial charge >= 0.3 is 0 Å². The van der Waals surface area contributed by atoms with Crippen LogP contribution in [-0.4, -0.2) is 54.7 Å². The topological polar surface area (TPSA) is 110 Å². The van der Waals surface area contributed by atoms with E-state index in [2.05, 4.69) is 15.5 Å². The predicted octanol–water partition coefficient (Wildman–Crippen LogP) is 3.32. The molecule has 0 bridgehead atoms. The standard InChI is InChI=1S/C24H27N5O3/c1-29(2)24(31)16-7-8-17(20(13-16)32-3)15-6-9-18-19(12-15)27-28-22(23(25)30)21(18)26-11-10-14-4-5-14/h6-9,12-14H,4-5,10-11H2,1-3H3,(H2,25,30)(H,26,27). The number of methoxy groups -OCH3 is 1. The molecule has 8 nitrogen and oxygen atoms in total. The van der Waals surface area contributed by atoms with Crippen molar-refractivity contribution in [3.8, 4) is 16.9 Å². The van der Waals surface area contributed by atoms with Crippen molar-refractivity contribution in [2.24, 2.45) is 11.7 Å². The van der Waals surface area contributed by atoms with E-state index in [4.69, 9.17) is 10.5 Å². The zero-order valence-electron chi connectivity index (χ0n) is 18.5. The van der Waals surface area contributed by atoms with Gasteiger partial charge in [-0.05, 0) is 48.2 Å². The second-order valence-corrected chi connectivity index (χ2v) is 8.29. The van der Waals surface area contributed by atoms with Crippen LogP contribution in [0.2, 0.25) is 0 Å². The number of primary amides is 1. The number of hydrogen-bond acceptors (Lipinski definition) is 6. The zero-order chi connectivity index (χ0) is 22.8. The molecule has 3 aromatic rings. The summed E-state index contributed by atoms with van der Waals surface area (Å²) in [7, 11) is 4.99. The van der Waals surface area contributed by atoms with Crippen molar-refractivity contribution >= 4 is 28.4 Å². The van der Waals surface area contributed by atoms with Crippen LogP contribution in [0.5, 0.6) is 5.75 Å². The summed E-state index contributed by atoms with van der Waals surface area (Å²) < 4.78 is 5.56. The molecule has 2 aromatic carbocycles. The molecular formula is C24H27N5O3. The van der Waals surface area contributed by atoms with Gasteiger partial charge in [0.25, 0.3) is 11.8 Å². The van der Waals surface area contributed by atoms with Crippen molar-refractivity contribution in [1.29, 1.82) is 0 Å². The van der Waals surface area contributed by atoms with Crippen molar-refractivity contribution < 1.29 is 14.3 Å². The number of carbonyl (C=O) groups excluding carboxylic acids is 2. The van der Waals surface area contributed by atoms with Gasteiger partial charge in [-0.2, -0.15) is 0 Å². The number of nitrogens with two attached hydrogens (primary N) is 1. The van der Waals surface area contributed by atoms with Crippen molar-refractivity contribution in [2.45, 2.75) is 19.3 Å². The van der Waals surface area contributed by atoms with E-state index in [1.54, 1.807) is 33.3 Å². The molecule has 1 heterocycles. The molecule has 166 valence electrons. The average molecular weight is 434 g/mol. The monoisotopic (exact) mass is 433 g/mol. The van der Waals surface area contributed by atoms with Gasteiger partial charge < -0.3 is 20.7 Å². The van der Waals surface area contributed by atoms with E-state index < -0.39 is 5.91 Å². The Morgan fingerprint density at radius 1 is 1.16 bits per heavy atom. The van der Waals surface area contributed by atoms with Crippen LogP contribution >= 0.6 is 0 Å². The maximum Gasteiger partial charge on any atom is 0.271 e. The minimum absolute atomic E-state index is 0.0971. The Morgan fingerprint density at radius 2 is 1.94 bits per heavy atom. The summed E-state index contributed by atoms with van der Waals surface area (Å²) in [5.74, 6) is 0.642. The van der Waals surface area contributed by atoms with Crippen molar-refractivity contribution in [1.82, 2.24) is 15.1 Å². The van der Waals surface area contributed by atoms with Crippen molar-refractivity contribution in [3.63, 3.8) is 0 Å². The van der Waals surface area contributed by atoms with Gasteiger partial charge in [0.15, 0.2) is 5.69 Å². The first-order chi connectivity index (χ1) is 15.4. The Bertz CT molecular complexity index is 1190. The first-order valence-electron chi connectivity index (χ1n) is 10.6. The zero-order valence-corrected chi connectivity index (χ0v) is 18.5. The third-order valence-electron chi connectivity index (χ3n) is 5.71. The smallest absolute Gasteiger partial charge is 0.271 e. The van der Waals surface area contributed by atoms with Crippen LogP contribution in [-0.2, 0) is 0 Å². The van der Waals surface area contributed by atoms with Crippen LogP contribution in [0.25, 0.3) is 22.0 Å². The van der Waals surface area contributed by atoms with Crippen LogP contribution < -0.4 is 15.8 Å². The quantitative estimate of drug-likeness (QED) is 0.564. The fraction of sp³-hybridized carbons (Fsp3) is 0.333. The van der Waals surface area contributed by atoms with Gasteiger partial charge in [-0.15, -0.1) is 10.2 Å². The summed E-state index contributed by atoms with van der Waals surface area (Å²) in [5.41, 5.74) is 9.18. The summed E-state index contributed by atoms with van der Waals surface area (Å²) in [6.45, 7) is 0.753. The van der Waals surface area contributed by atoms with Gasteiger partial charge in [0, 0.05) is 37.2 Å². The number of anilines is 1. The molecule has 1 fully saturated rings. The molecule has 1 aromatic heterocycles. The van der Waals surface area contributed by atoms with Crippen LogP contribution in [0, 0.1) is 5.92 Å². The molecule has 1 saturated carbocycles. The first kappa shape index (κ1) is 21.5. The number of carbonyl (C=O) groups is 2. The molecule has 0 spiro atoms. The van der Waals surface area contributed by atoms with Gasteiger partial charge in [-0.1, -0.05) is 18.9 Å². The number of aromatic nitrogens is 2. The third kappa shape index (κ3) is 4.34. The lowest BCUT2D eigenvalue weighted by molar-refractivity contribution is 0.0827. The van der Waals surface area contributed by atoms with E-state index >= 15 is 0 Å². The Morgan fingerprint density at radius 3 is 2.59 bits per heavy atom. The molecule has 1 aliphatic rings. The number of amides is 2. The van der Waals surface area contributed by atoms with Gasteiger partial charge in [-0.25, -0.2) is 0 Å². The van der Waals surface area contributed by atoms with E-state index in [-0.39, 0.29) is 11.6 Å². The highest BCUT2D eigenvalue weighted by Gasteiger charge is 2.22. The molecule has 0 radical (unpaired) electrons. The maximum absolute atomic E-state index is 12.3. The maximum atomic E-state index is 12.3. The van der Waals surface area contributed by atoms with E-state index in [1.165, 1.54) is 17.7 Å². The highest BCUT2D eigenvalue weighted by atomic mass is 16.5. The van der Waals surface area contributed by atoms with E-state index in [0.29, 0.717) is 22.5 Å². The lowest BCUT2D eigenvalue weighted by Crippen LogP contribution is -2.21. The number of fused-ring (bicyclic) bond motifs is 1. The first-order valence-corrected chi connectivity index (χ1v) is 10.6. The fourth-order valence-electron chi connectivity index (χ4n) is 3.75. The molecule has 4 rings (SSSR count). The molecule has 3 N–H and O–H groups in total. The largest absolute Gasteiger partial charge is 0.496 e. The Kier molecular flexibility index (Phi) is 5.94. The fourth-order valence-corrected chi connectivity index (χ4v) is 3.75. The highest BCUT2D eigenvalue weighted by molar-refractivity contribution is 6.05. The summed E-state index contributed by atoms with van der Waals surface area (Å²) in [4.78, 5) is 25.7. The van der Waals surface area contributed by atoms with Gasteiger partial charge in [0.2, 0.25) is 0 Å². The second kappa shape index (κ2) is 8.82. The van der Waals surface area contributed by atoms with Crippen LogP contribution in [0.1, 0.15) is 40.1 Å². The number of rotatable bonds is 8. The minimum atomic E-state index is -0.611. The predicted molar refractivity (Wildman–Crippen MR) is 124 cm³/mol. The average Bonchev–Trinajstić information content (AvgIpc) is 3.62. The lowest BCUT2D eigenvalue weighted by Gasteiger charge is -2.15. The lowest BCUT2D eigenvalue weighted by atomic mass is 10.00. The normalized spacial score (nSPS) is 13.1. The van der Waals surface area contributed by atoms with Crippen LogP contribution in [0.15, 0.2) is 36.4 Å². The Labute approximate surface area is 186 Å². The minimum Gasteiger partial charge on any atom is -0.496 e. The molecule has 0 unspecified atom stereocenters. The van der Waals surface area contributed by atoms with Crippen LogP contribution in [0.3, 0.4) is 0 Å². The van der Waals surface area contributed by atoms with Gasteiger partial charge in [-0.3, -0.25) is 9.59 Å². The SMILES string of the molecule is COc1cc(C(=O)N(C)C)ccc1-c1ccc2c(NCCC3CC3)c(C(N)=O)nnc2c1. The number of hydrogen-bond donors (Lipinski definition) is 2. The number of nitrogens with zero attached hydrogens (tertiary/aromatic N) is 3. The highest BCUT2D eigenvalue weighted by Crippen LogP contribution is 2.35. The Hall–Kier alpha value is -3.68. The third-order valence-corrected chi connectivity index (χ3v) is 5.71. The number of ether oxygens (including phenoxy) is 1. The molecule has 0 aliphatic heterocycles. The number of benzene rings is 2. The molecule has 1 aliphatic carbocycles. The van der Waals surface area contributed by atoms with E-state index in [1.807, 2.05) is 24.3 Å². The summed E-state index contributed by atoms with van der Waals surface area (Å²) in [6, 6.07) is 11.1. The summed E-state index contributed by atoms with van der Waals surface area (Å²) in [6.07, 6.45) is 3.59. The molecular weight excluding hydrogens is 406 g/mol. The summed E-state index contributed by atoms with van der Waals surface area (Å²) in [5, 5.41) is 12.5. The van der Waals surface area contributed by atoms with Gasteiger partial charge in [0.1, 0.15) is 5.75 Å². The molecule has 2 amide bonds. The van der Waals surface area contributed by atoms with Crippen molar-refractivity contribution in [2.75, 3.05) is 33.1 Å². The molecule has 0 saturated heterocycles. The summed E-state index contributed by atoms with van der Waals surface area (Å²) >= 11 is 0. The molecule has 32 heavy (non-hydrogen) atoms. The molecule has 8 heteroatoms. The Balaban J connectivity index is 1.72.